The van der Waals surface area contributed by atoms with Gasteiger partial charge >= 0.3 is 0 Å². The summed E-state index contributed by atoms with van der Waals surface area (Å²) in [4.78, 5) is 25.8. The molecule has 2 rings (SSSR count). The molecular weight excluding hydrogens is 316 g/mol. The van der Waals surface area contributed by atoms with Gasteiger partial charge in [0.2, 0.25) is 11.8 Å². The van der Waals surface area contributed by atoms with Crippen LogP contribution in [0.3, 0.4) is 0 Å². The van der Waals surface area contributed by atoms with E-state index < -0.39 is 0 Å². The van der Waals surface area contributed by atoms with Crippen LogP contribution in [0.1, 0.15) is 24.5 Å². The summed E-state index contributed by atoms with van der Waals surface area (Å²) in [6.07, 6.45) is 0.222. The summed E-state index contributed by atoms with van der Waals surface area (Å²) in [5.41, 5.74) is 3.62. The number of carbonyl (C=O) groups excluding carboxylic acids is 2. The number of rotatable bonds is 6. The van der Waals surface area contributed by atoms with Crippen LogP contribution in [0.5, 0.6) is 5.75 Å². The van der Waals surface area contributed by atoms with Crippen molar-refractivity contribution in [1.29, 1.82) is 0 Å². The minimum absolute atomic E-state index is 0.106. The Morgan fingerprint density at radius 3 is 2.16 bits per heavy atom. The highest BCUT2D eigenvalue weighted by Gasteiger charge is 2.14. The topological polar surface area (TPSA) is 58.6 Å². The smallest absolute Gasteiger partial charge is 0.226 e. The molecule has 0 atom stereocenters. The van der Waals surface area contributed by atoms with Gasteiger partial charge in [0.1, 0.15) is 5.75 Å². The van der Waals surface area contributed by atoms with Crippen molar-refractivity contribution in [3.05, 3.63) is 53.6 Å². The average Bonchev–Trinajstić information content (AvgIpc) is 2.59. The summed E-state index contributed by atoms with van der Waals surface area (Å²) < 4.78 is 5.13. The van der Waals surface area contributed by atoms with Crippen LogP contribution in [0.15, 0.2) is 42.5 Å². The number of methoxy groups -OCH3 is 1. The Bertz CT molecular complexity index is 734. The first kappa shape index (κ1) is 18.5. The lowest BCUT2D eigenvalue weighted by atomic mass is 10.1. The van der Waals surface area contributed by atoms with Crippen LogP contribution in [-0.4, -0.2) is 25.5 Å². The first-order chi connectivity index (χ1) is 11.9. The Morgan fingerprint density at radius 1 is 1.04 bits per heavy atom. The van der Waals surface area contributed by atoms with Gasteiger partial charge in [0.25, 0.3) is 0 Å². The van der Waals surface area contributed by atoms with Crippen LogP contribution >= 0.6 is 0 Å². The van der Waals surface area contributed by atoms with Crippen molar-refractivity contribution in [2.45, 2.75) is 27.2 Å². The first-order valence-electron chi connectivity index (χ1n) is 8.20. The molecule has 132 valence electrons. The van der Waals surface area contributed by atoms with E-state index in [0.717, 1.165) is 28.3 Å². The summed E-state index contributed by atoms with van der Waals surface area (Å²) >= 11 is 0. The van der Waals surface area contributed by atoms with Gasteiger partial charge in [0.05, 0.1) is 7.11 Å². The quantitative estimate of drug-likeness (QED) is 0.872. The lowest BCUT2D eigenvalue weighted by Gasteiger charge is -2.21. The maximum atomic E-state index is 12.3. The molecule has 0 aliphatic carbocycles. The highest BCUT2D eigenvalue weighted by Crippen LogP contribution is 2.21. The van der Waals surface area contributed by atoms with Crippen LogP contribution in [0.4, 0.5) is 11.4 Å². The van der Waals surface area contributed by atoms with Crippen molar-refractivity contribution in [3.8, 4) is 5.75 Å². The molecule has 0 saturated carbocycles. The van der Waals surface area contributed by atoms with E-state index in [0.29, 0.717) is 6.54 Å². The van der Waals surface area contributed by atoms with E-state index in [1.165, 1.54) is 6.92 Å². The maximum absolute atomic E-state index is 12.3. The molecule has 0 heterocycles. The van der Waals surface area contributed by atoms with Crippen molar-refractivity contribution in [1.82, 2.24) is 0 Å². The minimum Gasteiger partial charge on any atom is -0.497 e. The van der Waals surface area contributed by atoms with E-state index in [-0.39, 0.29) is 18.2 Å². The number of nitrogens with zero attached hydrogens (tertiary/aromatic N) is 1. The predicted molar refractivity (Wildman–Crippen MR) is 100 cm³/mol. The molecule has 0 aliphatic heterocycles. The monoisotopic (exact) mass is 340 g/mol. The van der Waals surface area contributed by atoms with Crippen LogP contribution in [0.25, 0.3) is 0 Å². The largest absolute Gasteiger partial charge is 0.497 e. The molecular formula is C20H24N2O3. The second-order valence-corrected chi connectivity index (χ2v) is 5.93. The number of para-hydroxylation sites is 1. The second kappa shape index (κ2) is 8.33. The Morgan fingerprint density at radius 2 is 1.64 bits per heavy atom. The van der Waals surface area contributed by atoms with E-state index in [9.17, 15) is 9.59 Å². The van der Waals surface area contributed by atoms with Gasteiger partial charge in [-0.15, -0.1) is 0 Å². The molecule has 0 aromatic heterocycles. The summed E-state index contributed by atoms with van der Waals surface area (Å²) in [6, 6.07) is 13.1. The standard InChI is InChI=1S/C20H24N2O3/c1-14-6-5-7-15(2)20(14)21-19(24)12-13-22(16(3)23)17-8-10-18(25-4)11-9-17/h5-11H,12-13H2,1-4H3,(H,21,24). The zero-order valence-electron chi connectivity index (χ0n) is 15.1. The van der Waals surface area contributed by atoms with Crippen molar-refractivity contribution in [2.24, 2.45) is 0 Å². The number of amides is 2. The van der Waals surface area contributed by atoms with Gasteiger partial charge in [-0.2, -0.15) is 0 Å². The maximum Gasteiger partial charge on any atom is 0.226 e. The third-order valence-corrected chi connectivity index (χ3v) is 4.07. The highest BCUT2D eigenvalue weighted by molar-refractivity contribution is 5.95. The number of anilines is 2. The molecule has 5 heteroatoms. The van der Waals surface area contributed by atoms with Gasteiger partial charge < -0.3 is 15.0 Å². The molecule has 0 radical (unpaired) electrons. The number of aryl methyl sites for hydroxylation is 2. The van der Waals surface area contributed by atoms with Crippen LogP contribution in [0.2, 0.25) is 0 Å². The summed E-state index contributed by atoms with van der Waals surface area (Å²) in [6.45, 7) is 5.73. The number of hydrogen-bond donors (Lipinski definition) is 1. The number of hydrogen-bond acceptors (Lipinski definition) is 3. The molecule has 1 N–H and O–H groups in total. The number of ether oxygens (including phenoxy) is 1. The van der Waals surface area contributed by atoms with Gasteiger partial charge in [-0.3, -0.25) is 9.59 Å². The zero-order valence-corrected chi connectivity index (χ0v) is 15.1. The highest BCUT2D eigenvalue weighted by atomic mass is 16.5. The van der Waals surface area contributed by atoms with E-state index in [1.807, 2.05) is 44.2 Å². The van der Waals surface area contributed by atoms with E-state index >= 15 is 0 Å². The lowest BCUT2D eigenvalue weighted by molar-refractivity contribution is -0.117. The fourth-order valence-corrected chi connectivity index (χ4v) is 2.66. The molecule has 2 aromatic rings. The molecule has 2 aromatic carbocycles. The van der Waals surface area contributed by atoms with E-state index in [1.54, 1.807) is 24.1 Å². The van der Waals surface area contributed by atoms with Gasteiger partial charge in [0, 0.05) is 31.3 Å². The van der Waals surface area contributed by atoms with Crippen molar-refractivity contribution >= 4 is 23.2 Å². The fraction of sp³-hybridized carbons (Fsp3) is 0.300. The zero-order chi connectivity index (χ0) is 18.4. The third-order valence-electron chi connectivity index (χ3n) is 4.07. The van der Waals surface area contributed by atoms with E-state index in [2.05, 4.69) is 5.32 Å². The molecule has 0 bridgehead atoms. The van der Waals surface area contributed by atoms with Gasteiger partial charge in [-0.05, 0) is 49.2 Å². The summed E-state index contributed by atoms with van der Waals surface area (Å²) in [7, 11) is 1.59. The molecule has 0 spiro atoms. The molecule has 0 unspecified atom stereocenters. The summed E-state index contributed by atoms with van der Waals surface area (Å²) in [5.74, 6) is 0.502. The van der Waals surface area contributed by atoms with Crippen LogP contribution < -0.4 is 15.0 Å². The predicted octanol–water partition coefficient (Wildman–Crippen LogP) is 3.69. The molecule has 0 saturated heterocycles. The van der Waals surface area contributed by atoms with Crippen molar-refractivity contribution < 1.29 is 14.3 Å². The first-order valence-corrected chi connectivity index (χ1v) is 8.20. The SMILES string of the molecule is COc1ccc(N(CCC(=O)Nc2c(C)cccc2C)C(C)=O)cc1. The number of benzene rings is 2. The molecule has 25 heavy (non-hydrogen) atoms. The Kier molecular flexibility index (Phi) is 6.17. The van der Waals surface area contributed by atoms with Gasteiger partial charge in [-0.1, -0.05) is 18.2 Å². The van der Waals surface area contributed by atoms with Crippen LogP contribution in [0, 0.1) is 13.8 Å². The number of carbonyl (C=O) groups is 2. The molecule has 0 fully saturated rings. The normalized spacial score (nSPS) is 10.2. The molecule has 2 amide bonds. The van der Waals surface area contributed by atoms with Crippen molar-refractivity contribution in [3.63, 3.8) is 0 Å². The second-order valence-electron chi connectivity index (χ2n) is 5.93. The van der Waals surface area contributed by atoms with Crippen molar-refractivity contribution in [2.75, 3.05) is 23.9 Å². The number of nitrogens with one attached hydrogen (secondary N) is 1. The van der Waals surface area contributed by atoms with Crippen LogP contribution in [-0.2, 0) is 9.59 Å². The van der Waals surface area contributed by atoms with Gasteiger partial charge in [0.15, 0.2) is 0 Å². The Balaban J connectivity index is 2.03. The molecule has 5 nitrogen and oxygen atoms in total. The Hall–Kier alpha value is -2.82. The van der Waals surface area contributed by atoms with Gasteiger partial charge in [-0.25, -0.2) is 0 Å². The fourth-order valence-electron chi connectivity index (χ4n) is 2.66. The lowest BCUT2D eigenvalue weighted by Crippen LogP contribution is -2.32. The van der Waals surface area contributed by atoms with E-state index in [4.69, 9.17) is 4.74 Å². The summed E-state index contributed by atoms with van der Waals surface area (Å²) in [5, 5.41) is 2.95. The average molecular weight is 340 g/mol. The third kappa shape index (κ3) is 4.83. The molecule has 0 aliphatic rings. The Labute approximate surface area is 148 Å². The minimum atomic E-state index is -0.114.